The summed E-state index contributed by atoms with van der Waals surface area (Å²) in [6, 6.07) is 9.65. The predicted octanol–water partition coefficient (Wildman–Crippen LogP) is 2.39. The molecule has 0 radical (unpaired) electrons. The van der Waals surface area contributed by atoms with Crippen LogP contribution in [-0.2, 0) is 20.9 Å². The summed E-state index contributed by atoms with van der Waals surface area (Å²) in [5.41, 5.74) is -0.381. The van der Waals surface area contributed by atoms with Crippen LogP contribution in [0.4, 0.5) is 4.79 Å². The van der Waals surface area contributed by atoms with E-state index in [0.29, 0.717) is 13.0 Å². The van der Waals surface area contributed by atoms with Gasteiger partial charge in [0.05, 0.1) is 18.1 Å². The van der Waals surface area contributed by atoms with E-state index in [0.717, 1.165) is 11.8 Å². The van der Waals surface area contributed by atoms with Gasteiger partial charge in [-0.3, -0.25) is 0 Å². The number of nitrogens with zero attached hydrogens (tertiary/aromatic N) is 1. The van der Waals surface area contributed by atoms with Gasteiger partial charge in [0, 0.05) is 19.7 Å². The molecule has 1 aromatic rings. The molecule has 0 saturated carbocycles. The van der Waals surface area contributed by atoms with Crippen LogP contribution in [0.2, 0.25) is 0 Å². The van der Waals surface area contributed by atoms with Crippen LogP contribution < -0.4 is 0 Å². The average Bonchev–Trinajstić information content (AvgIpc) is 2.51. The molecule has 1 unspecified atom stereocenters. The van der Waals surface area contributed by atoms with E-state index in [1.807, 2.05) is 30.3 Å². The molecule has 0 bridgehead atoms. The second-order valence-electron chi connectivity index (χ2n) is 7.48. The number of aldehydes is 1. The smallest absolute Gasteiger partial charge is 0.410 e. The molecule has 6 nitrogen and oxygen atoms in total. The van der Waals surface area contributed by atoms with Crippen LogP contribution in [0.25, 0.3) is 0 Å². The Labute approximate surface area is 148 Å². The number of carbonyl (C=O) groups is 2. The molecule has 1 N–H and O–H groups in total. The fourth-order valence-corrected chi connectivity index (χ4v) is 2.90. The van der Waals surface area contributed by atoms with Gasteiger partial charge in [-0.05, 0) is 32.8 Å². The van der Waals surface area contributed by atoms with Crippen LogP contribution in [-0.4, -0.2) is 53.8 Å². The second kappa shape index (κ2) is 7.97. The van der Waals surface area contributed by atoms with Crippen LogP contribution in [0.3, 0.4) is 0 Å². The second-order valence-corrected chi connectivity index (χ2v) is 7.48. The van der Waals surface area contributed by atoms with Crippen molar-refractivity contribution in [3.05, 3.63) is 35.9 Å². The Hall–Kier alpha value is -1.92. The molecule has 0 aromatic heterocycles. The van der Waals surface area contributed by atoms with Crippen molar-refractivity contribution >= 4 is 12.4 Å². The molecule has 2 rings (SSSR count). The molecule has 0 aliphatic carbocycles. The van der Waals surface area contributed by atoms with E-state index in [-0.39, 0.29) is 19.7 Å². The maximum Gasteiger partial charge on any atom is 0.410 e. The molecule has 1 atom stereocenters. The minimum atomic E-state index is -0.797. The highest BCUT2D eigenvalue weighted by Crippen LogP contribution is 2.36. The molecule has 6 heteroatoms. The quantitative estimate of drug-likeness (QED) is 0.765. The number of rotatable bonds is 7. The Bertz CT molecular complexity index is 575. The monoisotopic (exact) mass is 349 g/mol. The van der Waals surface area contributed by atoms with E-state index in [9.17, 15) is 14.7 Å². The van der Waals surface area contributed by atoms with Crippen LogP contribution in [0.5, 0.6) is 0 Å². The molecule has 25 heavy (non-hydrogen) atoms. The highest BCUT2D eigenvalue weighted by Gasteiger charge is 2.52. The Morgan fingerprint density at radius 2 is 1.96 bits per heavy atom. The van der Waals surface area contributed by atoms with E-state index in [2.05, 4.69) is 0 Å². The lowest BCUT2D eigenvalue weighted by molar-refractivity contribution is -0.150. The molecule has 1 amide bonds. The highest BCUT2D eigenvalue weighted by molar-refractivity contribution is 5.74. The van der Waals surface area contributed by atoms with Gasteiger partial charge in [-0.25, -0.2) is 4.79 Å². The van der Waals surface area contributed by atoms with Crippen molar-refractivity contribution in [2.45, 2.75) is 45.5 Å². The van der Waals surface area contributed by atoms with Crippen molar-refractivity contribution in [2.24, 2.45) is 5.41 Å². The van der Waals surface area contributed by atoms with E-state index < -0.39 is 23.2 Å². The maximum absolute atomic E-state index is 12.1. The van der Waals surface area contributed by atoms with Gasteiger partial charge in [-0.1, -0.05) is 30.3 Å². The minimum Gasteiger partial charge on any atom is -0.444 e. The van der Waals surface area contributed by atoms with Crippen LogP contribution in [0, 0.1) is 5.41 Å². The summed E-state index contributed by atoms with van der Waals surface area (Å²) < 4.78 is 11.3. The zero-order valence-electron chi connectivity index (χ0n) is 15.1. The molecule has 0 spiro atoms. The van der Waals surface area contributed by atoms with Gasteiger partial charge in [-0.15, -0.1) is 0 Å². The minimum absolute atomic E-state index is 0.0819. The number of hydrogen-bond acceptors (Lipinski definition) is 5. The molecule has 1 heterocycles. The first-order valence-corrected chi connectivity index (χ1v) is 8.50. The van der Waals surface area contributed by atoms with E-state index >= 15 is 0 Å². The van der Waals surface area contributed by atoms with Crippen molar-refractivity contribution in [3.8, 4) is 0 Å². The third kappa shape index (κ3) is 5.03. The summed E-state index contributed by atoms with van der Waals surface area (Å²) in [5.74, 6) is 0. The lowest BCUT2D eigenvalue weighted by Crippen LogP contribution is -2.65. The number of hydrogen-bond donors (Lipinski definition) is 1. The van der Waals surface area contributed by atoms with Gasteiger partial charge in [0.25, 0.3) is 0 Å². The number of benzene rings is 1. The molecular formula is C19H27NO5. The Morgan fingerprint density at radius 1 is 1.32 bits per heavy atom. The first kappa shape index (κ1) is 19.4. The Balaban J connectivity index is 1.98. The van der Waals surface area contributed by atoms with Crippen molar-refractivity contribution in [2.75, 3.05) is 19.7 Å². The molecule has 1 fully saturated rings. The maximum atomic E-state index is 12.1. The predicted molar refractivity (Wildman–Crippen MR) is 93.0 cm³/mol. The number of ether oxygens (including phenoxy) is 2. The molecule has 1 aliphatic heterocycles. The van der Waals surface area contributed by atoms with Gasteiger partial charge >= 0.3 is 6.09 Å². The zero-order valence-corrected chi connectivity index (χ0v) is 15.1. The van der Waals surface area contributed by atoms with Gasteiger partial charge < -0.3 is 24.3 Å². The zero-order chi connectivity index (χ0) is 18.5. The standard InChI is InChI=1S/C19H27NO5/c1-18(2,3)25-17(23)20-12-19(13-20,14-22)16(9-10-21)24-11-15-7-5-4-6-8-15/h4-8,14,16,21H,9-13H2,1-3H3. The summed E-state index contributed by atoms with van der Waals surface area (Å²) in [5, 5.41) is 9.34. The van der Waals surface area contributed by atoms with Gasteiger partial charge in [-0.2, -0.15) is 0 Å². The molecule has 1 aliphatic rings. The van der Waals surface area contributed by atoms with Crippen molar-refractivity contribution < 1.29 is 24.2 Å². The van der Waals surface area contributed by atoms with Crippen molar-refractivity contribution in [1.29, 1.82) is 0 Å². The topological polar surface area (TPSA) is 76.1 Å². The third-order valence-corrected chi connectivity index (χ3v) is 4.18. The molecule has 1 saturated heterocycles. The van der Waals surface area contributed by atoms with Crippen molar-refractivity contribution in [3.63, 3.8) is 0 Å². The molecule has 138 valence electrons. The SMILES string of the molecule is CC(C)(C)OC(=O)N1CC(C=O)(C(CCO)OCc2ccccc2)C1. The number of likely N-dealkylation sites (tertiary alicyclic amines) is 1. The first-order valence-electron chi connectivity index (χ1n) is 8.50. The average molecular weight is 349 g/mol. The summed E-state index contributed by atoms with van der Waals surface area (Å²) in [6.45, 7) is 6.16. The third-order valence-electron chi connectivity index (χ3n) is 4.18. The number of aliphatic hydroxyl groups excluding tert-OH is 1. The molecular weight excluding hydrogens is 322 g/mol. The Kier molecular flexibility index (Phi) is 6.19. The largest absolute Gasteiger partial charge is 0.444 e. The first-order chi connectivity index (χ1) is 11.8. The summed E-state index contributed by atoms with van der Waals surface area (Å²) in [6.07, 6.45) is 0.303. The van der Waals surface area contributed by atoms with Crippen LogP contribution >= 0.6 is 0 Å². The lowest BCUT2D eigenvalue weighted by Gasteiger charge is -2.50. The molecule has 1 aromatic carbocycles. The normalized spacial score (nSPS) is 17.5. The number of carbonyl (C=O) groups excluding carboxylic acids is 2. The van der Waals surface area contributed by atoms with Gasteiger partial charge in [0.1, 0.15) is 11.9 Å². The van der Waals surface area contributed by atoms with Gasteiger partial charge in [0.15, 0.2) is 0 Å². The Morgan fingerprint density at radius 3 is 2.48 bits per heavy atom. The van der Waals surface area contributed by atoms with Crippen molar-refractivity contribution in [1.82, 2.24) is 4.90 Å². The lowest BCUT2D eigenvalue weighted by atomic mass is 9.75. The summed E-state index contributed by atoms with van der Waals surface area (Å²) in [4.78, 5) is 25.3. The summed E-state index contributed by atoms with van der Waals surface area (Å²) >= 11 is 0. The van der Waals surface area contributed by atoms with Gasteiger partial charge in [0.2, 0.25) is 0 Å². The summed E-state index contributed by atoms with van der Waals surface area (Å²) in [7, 11) is 0. The number of amides is 1. The fourth-order valence-electron chi connectivity index (χ4n) is 2.90. The number of aliphatic hydroxyl groups is 1. The highest BCUT2D eigenvalue weighted by atomic mass is 16.6. The van der Waals surface area contributed by atoms with E-state index in [1.165, 1.54) is 4.90 Å². The fraction of sp³-hybridized carbons (Fsp3) is 0.579. The van der Waals surface area contributed by atoms with E-state index in [1.54, 1.807) is 20.8 Å². The van der Waals surface area contributed by atoms with Crippen LogP contribution in [0.15, 0.2) is 30.3 Å². The van der Waals surface area contributed by atoms with E-state index in [4.69, 9.17) is 9.47 Å². The van der Waals surface area contributed by atoms with Crippen LogP contribution in [0.1, 0.15) is 32.8 Å².